The monoisotopic (exact) mass is 280 g/mol. The number of carbonyl (C=O) groups is 1. The molecule has 106 valence electrons. The third kappa shape index (κ3) is 3.40. The van der Waals surface area contributed by atoms with Crippen molar-refractivity contribution >= 4 is 17.7 Å². The molecule has 0 fully saturated rings. The van der Waals surface area contributed by atoms with Crippen molar-refractivity contribution in [3.05, 3.63) is 58.6 Å². The molecular formula is C17H16N2O2. The Hall–Kier alpha value is -2.80. The number of nitrogens with one attached hydrogen (secondary N) is 1. The molecule has 4 heteroatoms. The second kappa shape index (κ2) is 6.10. The van der Waals surface area contributed by atoms with Gasteiger partial charge in [0.2, 0.25) is 0 Å². The van der Waals surface area contributed by atoms with E-state index in [4.69, 9.17) is 4.42 Å². The van der Waals surface area contributed by atoms with E-state index in [9.17, 15) is 10.1 Å². The van der Waals surface area contributed by atoms with Crippen LogP contribution >= 0.6 is 0 Å². The Morgan fingerprint density at radius 3 is 2.57 bits per heavy atom. The molecular weight excluding hydrogens is 264 g/mol. The number of benzene rings is 1. The quantitative estimate of drug-likeness (QED) is 0.687. The summed E-state index contributed by atoms with van der Waals surface area (Å²) in [5.74, 6) is 1.00. The van der Waals surface area contributed by atoms with Crippen molar-refractivity contribution < 1.29 is 9.21 Å². The lowest BCUT2D eigenvalue weighted by molar-refractivity contribution is -0.112. The lowest BCUT2D eigenvalue weighted by Gasteiger charge is -2.07. The van der Waals surface area contributed by atoms with Crippen molar-refractivity contribution in [3.8, 4) is 6.07 Å². The van der Waals surface area contributed by atoms with Crippen LogP contribution in [-0.2, 0) is 4.79 Å². The average molecular weight is 280 g/mol. The van der Waals surface area contributed by atoms with E-state index in [0.29, 0.717) is 11.4 Å². The van der Waals surface area contributed by atoms with Gasteiger partial charge < -0.3 is 9.73 Å². The Balaban J connectivity index is 2.26. The molecule has 0 aliphatic heterocycles. The van der Waals surface area contributed by atoms with Crippen LogP contribution in [0, 0.1) is 32.1 Å². The fourth-order valence-electron chi connectivity index (χ4n) is 2.00. The van der Waals surface area contributed by atoms with Gasteiger partial charge in [0.05, 0.1) is 0 Å². The Morgan fingerprint density at radius 1 is 1.29 bits per heavy atom. The Labute approximate surface area is 123 Å². The van der Waals surface area contributed by atoms with Gasteiger partial charge in [-0.1, -0.05) is 18.2 Å². The van der Waals surface area contributed by atoms with Gasteiger partial charge in [0, 0.05) is 11.3 Å². The number of aryl methyl sites for hydroxylation is 3. The number of furan rings is 1. The van der Waals surface area contributed by atoms with Crippen molar-refractivity contribution in [2.75, 3.05) is 5.32 Å². The van der Waals surface area contributed by atoms with E-state index in [1.807, 2.05) is 38.1 Å². The van der Waals surface area contributed by atoms with Gasteiger partial charge in [0.1, 0.15) is 23.2 Å². The molecule has 1 N–H and O–H groups in total. The molecule has 0 saturated heterocycles. The van der Waals surface area contributed by atoms with Crippen molar-refractivity contribution in [2.24, 2.45) is 0 Å². The summed E-state index contributed by atoms with van der Waals surface area (Å²) < 4.78 is 5.39. The average Bonchev–Trinajstić information content (AvgIpc) is 2.76. The summed E-state index contributed by atoms with van der Waals surface area (Å²) in [6, 6.07) is 11.2. The smallest absolute Gasteiger partial charge is 0.266 e. The number of rotatable bonds is 3. The van der Waals surface area contributed by atoms with Crippen LogP contribution in [0.1, 0.15) is 22.6 Å². The van der Waals surface area contributed by atoms with E-state index >= 15 is 0 Å². The first-order valence-corrected chi connectivity index (χ1v) is 6.57. The number of nitrogens with zero attached hydrogens (tertiary/aromatic N) is 1. The van der Waals surface area contributed by atoms with Crippen molar-refractivity contribution in [1.82, 2.24) is 0 Å². The normalized spacial score (nSPS) is 11.0. The van der Waals surface area contributed by atoms with Gasteiger partial charge >= 0.3 is 0 Å². The van der Waals surface area contributed by atoms with Crippen LogP contribution in [-0.4, -0.2) is 5.91 Å². The molecule has 1 aromatic heterocycles. The number of hydrogen-bond donors (Lipinski definition) is 1. The molecule has 0 saturated carbocycles. The molecule has 1 heterocycles. The van der Waals surface area contributed by atoms with Gasteiger partial charge in [-0.05, 0) is 44.5 Å². The van der Waals surface area contributed by atoms with E-state index in [1.165, 1.54) is 0 Å². The molecule has 0 radical (unpaired) electrons. The Bertz CT molecular complexity index is 748. The molecule has 4 nitrogen and oxygen atoms in total. The standard InChI is InChI=1S/C17H16N2O2/c1-11-6-4-5-7-16(11)19-17(20)15(10-18)9-14-8-12(2)21-13(14)3/h4-9H,1-3H3,(H,19,20)/b15-9-. The van der Waals surface area contributed by atoms with Gasteiger partial charge in [0.25, 0.3) is 5.91 Å². The zero-order chi connectivity index (χ0) is 15.4. The number of nitriles is 1. The fraction of sp³-hybridized carbons (Fsp3) is 0.176. The van der Waals surface area contributed by atoms with Gasteiger partial charge in [-0.25, -0.2) is 0 Å². The highest BCUT2D eigenvalue weighted by Crippen LogP contribution is 2.19. The first-order valence-electron chi connectivity index (χ1n) is 6.57. The van der Waals surface area contributed by atoms with E-state index in [-0.39, 0.29) is 5.57 Å². The summed E-state index contributed by atoms with van der Waals surface area (Å²) in [5.41, 5.74) is 2.42. The highest BCUT2D eigenvalue weighted by Gasteiger charge is 2.12. The van der Waals surface area contributed by atoms with Crippen LogP contribution in [0.15, 0.2) is 40.3 Å². The SMILES string of the molecule is Cc1cc(/C=C(/C#N)C(=O)Nc2ccccc2C)c(C)o1. The lowest BCUT2D eigenvalue weighted by atomic mass is 10.1. The lowest BCUT2D eigenvalue weighted by Crippen LogP contribution is -2.14. The zero-order valence-electron chi connectivity index (χ0n) is 12.2. The molecule has 0 aliphatic rings. The Kier molecular flexibility index (Phi) is 4.24. The number of hydrogen-bond acceptors (Lipinski definition) is 3. The summed E-state index contributed by atoms with van der Waals surface area (Å²) in [4.78, 5) is 12.2. The first-order chi connectivity index (χ1) is 10.0. The topological polar surface area (TPSA) is 66.0 Å². The molecule has 21 heavy (non-hydrogen) atoms. The second-order valence-corrected chi connectivity index (χ2v) is 4.81. The summed E-state index contributed by atoms with van der Waals surface area (Å²) in [5, 5.41) is 11.9. The minimum absolute atomic E-state index is 0.0437. The van der Waals surface area contributed by atoms with E-state index in [1.54, 1.807) is 25.1 Å². The van der Waals surface area contributed by atoms with Gasteiger partial charge in [-0.15, -0.1) is 0 Å². The van der Waals surface area contributed by atoms with Gasteiger partial charge in [0.15, 0.2) is 0 Å². The number of carbonyl (C=O) groups excluding carboxylic acids is 1. The number of anilines is 1. The highest BCUT2D eigenvalue weighted by atomic mass is 16.3. The molecule has 0 spiro atoms. The third-order valence-corrected chi connectivity index (χ3v) is 3.14. The maximum atomic E-state index is 12.2. The van der Waals surface area contributed by atoms with E-state index < -0.39 is 5.91 Å². The molecule has 1 aromatic carbocycles. The van der Waals surface area contributed by atoms with Crippen LogP contribution in [0.5, 0.6) is 0 Å². The van der Waals surface area contributed by atoms with Crippen LogP contribution < -0.4 is 5.32 Å². The largest absolute Gasteiger partial charge is 0.466 e. The summed E-state index contributed by atoms with van der Waals surface area (Å²) in [6.45, 7) is 5.52. The van der Waals surface area contributed by atoms with Crippen LogP contribution in [0.25, 0.3) is 6.08 Å². The van der Waals surface area contributed by atoms with Crippen LogP contribution in [0.4, 0.5) is 5.69 Å². The second-order valence-electron chi connectivity index (χ2n) is 4.81. The molecule has 0 aliphatic carbocycles. The maximum Gasteiger partial charge on any atom is 0.266 e. The Morgan fingerprint density at radius 2 is 2.00 bits per heavy atom. The van der Waals surface area contributed by atoms with Crippen molar-refractivity contribution in [2.45, 2.75) is 20.8 Å². The van der Waals surface area contributed by atoms with Crippen molar-refractivity contribution in [3.63, 3.8) is 0 Å². The molecule has 1 amide bonds. The molecule has 2 rings (SSSR count). The minimum Gasteiger partial charge on any atom is -0.466 e. The molecule has 0 bridgehead atoms. The summed E-state index contributed by atoms with van der Waals surface area (Å²) in [7, 11) is 0. The maximum absolute atomic E-state index is 12.2. The molecule has 0 unspecified atom stereocenters. The van der Waals surface area contributed by atoms with E-state index in [0.717, 1.165) is 16.9 Å². The highest BCUT2D eigenvalue weighted by molar-refractivity contribution is 6.10. The van der Waals surface area contributed by atoms with Crippen molar-refractivity contribution in [1.29, 1.82) is 5.26 Å². The molecule has 2 aromatic rings. The van der Waals surface area contributed by atoms with E-state index in [2.05, 4.69) is 5.32 Å². The third-order valence-electron chi connectivity index (χ3n) is 3.14. The van der Waals surface area contributed by atoms with Crippen LogP contribution in [0.2, 0.25) is 0 Å². The number of para-hydroxylation sites is 1. The summed E-state index contributed by atoms with van der Waals surface area (Å²) in [6.07, 6.45) is 1.54. The number of amides is 1. The van der Waals surface area contributed by atoms with Crippen LogP contribution in [0.3, 0.4) is 0 Å². The summed E-state index contributed by atoms with van der Waals surface area (Å²) >= 11 is 0. The van der Waals surface area contributed by atoms with Gasteiger partial charge in [-0.2, -0.15) is 5.26 Å². The first kappa shape index (κ1) is 14.6. The minimum atomic E-state index is -0.426. The fourth-order valence-corrected chi connectivity index (χ4v) is 2.00. The van der Waals surface area contributed by atoms with Gasteiger partial charge in [-0.3, -0.25) is 4.79 Å². The predicted octanol–water partition coefficient (Wildman–Crippen LogP) is 3.75. The predicted molar refractivity (Wildman–Crippen MR) is 81.6 cm³/mol. The molecule has 0 atom stereocenters. The zero-order valence-corrected chi connectivity index (χ0v) is 12.2.